The predicted molar refractivity (Wildman–Crippen MR) is 83.4 cm³/mol. The molecular weight excluding hydrogens is 248 g/mol. The first-order valence-corrected chi connectivity index (χ1v) is 7.00. The first-order chi connectivity index (χ1) is 9.61. The molecule has 0 aliphatic rings. The van der Waals surface area contributed by atoms with Gasteiger partial charge < -0.3 is 10.1 Å². The van der Waals surface area contributed by atoms with E-state index in [1.807, 2.05) is 19.1 Å². The van der Waals surface area contributed by atoms with Gasteiger partial charge in [0.15, 0.2) is 0 Å². The normalized spacial score (nSPS) is 10.4. The van der Waals surface area contributed by atoms with Gasteiger partial charge in [-0.2, -0.15) is 0 Å². The van der Waals surface area contributed by atoms with Crippen molar-refractivity contribution in [2.75, 3.05) is 11.9 Å². The second kappa shape index (κ2) is 6.42. The molecule has 1 aromatic carbocycles. The summed E-state index contributed by atoms with van der Waals surface area (Å²) in [4.78, 5) is 4.25. The Bertz CT molecular complexity index is 594. The van der Waals surface area contributed by atoms with Crippen LogP contribution in [0.2, 0.25) is 0 Å². The minimum absolute atomic E-state index is 0.619. The summed E-state index contributed by atoms with van der Waals surface area (Å²) in [5.74, 6) is 0.663. The van der Waals surface area contributed by atoms with Gasteiger partial charge in [-0.05, 0) is 62.1 Å². The van der Waals surface area contributed by atoms with Crippen molar-refractivity contribution in [3.8, 4) is 5.88 Å². The van der Waals surface area contributed by atoms with E-state index in [0.29, 0.717) is 12.5 Å². The lowest BCUT2D eigenvalue weighted by Gasteiger charge is -2.14. The monoisotopic (exact) mass is 270 g/mol. The minimum atomic E-state index is 0.619. The Morgan fingerprint density at radius 3 is 2.60 bits per heavy atom. The van der Waals surface area contributed by atoms with Crippen LogP contribution in [-0.4, -0.2) is 11.6 Å². The second-order valence-electron chi connectivity index (χ2n) is 5.01. The summed E-state index contributed by atoms with van der Waals surface area (Å²) >= 11 is 0. The molecule has 0 aliphatic heterocycles. The van der Waals surface area contributed by atoms with Crippen molar-refractivity contribution in [3.05, 3.63) is 52.7 Å². The van der Waals surface area contributed by atoms with Crippen LogP contribution in [-0.2, 0) is 6.54 Å². The highest BCUT2D eigenvalue weighted by Gasteiger charge is 2.06. The van der Waals surface area contributed by atoms with Gasteiger partial charge >= 0.3 is 0 Å². The highest BCUT2D eigenvalue weighted by atomic mass is 16.5. The number of anilines is 1. The Balaban J connectivity index is 2.15. The zero-order valence-corrected chi connectivity index (χ0v) is 12.7. The van der Waals surface area contributed by atoms with Crippen LogP contribution in [0.3, 0.4) is 0 Å². The lowest BCUT2D eigenvalue weighted by atomic mass is 10.0. The van der Waals surface area contributed by atoms with Gasteiger partial charge in [0.25, 0.3) is 0 Å². The first-order valence-electron chi connectivity index (χ1n) is 7.00. The molecule has 1 aromatic heterocycles. The van der Waals surface area contributed by atoms with Gasteiger partial charge in [0.1, 0.15) is 0 Å². The number of benzene rings is 1. The van der Waals surface area contributed by atoms with Crippen molar-refractivity contribution in [1.29, 1.82) is 0 Å². The molecule has 2 rings (SSSR count). The molecule has 0 aliphatic carbocycles. The lowest BCUT2D eigenvalue weighted by molar-refractivity contribution is 0.328. The zero-order valence-electron chi connectivity index (χ0n) is 12.7. The molecule has 1 heterocycles. The summed E-state index contributed by atoms with van der Waals surface area (Å²) in [5, 5.41) is 3.41. The van der Waals surface area contributed by atoms with Gasteiger partial charge in [-0.15, -0.1) is 0 Å². The van der Waals surface area contributed by atoms with Crippen LogP contribution in [0.4, 0.5) is 5.69 Å². The molecule has 2 aromatic rings. The Morgan fingerprint density at radius 2 is 1.85 bits per heavy atom. The summed E-state index contributed by atoms with van der Waals surface area (Å²) in [6.07, 6.45) is 1.75. The third-order valence-corrected chi connectivity index (χ3v) is 3.47. The smallest absolute Gasteiger partial charge is 0.237 e. The number of hydrogen-bond donors (Lipinski definition) is 1. The van der Waals surface area contributed by atoms with E-state index in [1.54, 1.807) is 6.20 Å². The van der Waals surface area contributed by atoms with E-state index in [0.717, 1.165) is 12.2 Å². The average Bonchev–Trinajstić information content (AvgIpc) is 2.43. The van der Waals surface area contributed by atoms with Crippen LogP contribution in [0, 0.1) is 20.8 Å². The van der Waals surface area contributed by atoms with Crippen LogP contribution < -0.4 is 10.1 Å². The van der Waals surface area contributed by atoms with Crippen LogP contribution >= 0.6 is 0 Å². The van der Waals surface area contributed by atoms with Gasteiger partial charge in [-0.3, -0.25) is 0 Å². The van der Waals surface area contributed by atoms with Crippen molar-refractivity contribution in [1.82, 2.24) is 4.98 Å². The molecule has 0 unspecified atom stereocenters. The van der Waals surface area contributed by atoms with Crippen molar-refractivity contribution in [3.63, 3.8) is 0 Å². The minimum Gasteiger partial charge on any atom is -0.476 e. The maximum Gasteiger partial charge on any atom is 0.237 e. The van der Waals surface area contributed by atoms with E-state index < -0.39 is 0 Å². The molecule has 0 fully saturated rings. The number of pyridine rings is 1. The van der Waals surface area contributed by atoms with E-state index in [2.05, 4.69) is 43.2 Å². The Morgan fingerprint density at radius 1 is 1.10 bits per heavy atom. The highest BCUT2D eigenvalue weighted by molar-refractivity contribution is 5.53. The molecule has 0 amide bonds. The van der Waals surface area contributed by atoms with Crippen molar-refractivity contribution in [2.45, 2.75) is 34.2 Å². The van der Waals surface area contributed by atoms with Crippen LogP contribution in [0.15, 0.2) is 30.5 Å². The van der Waals surface area contributed by atoms with Gasteiger partial charge in [0, 0.05) is 12.7 Å². The molecule has 20 heavy (non-hydrogen) atoms. The topological polar surface area (TPSA) is 34.1 Å². The number of aryl methyl sites for hydroxylation is 3. The fourth-order valence-electron chi connectivity index (χ4n) is 2.18. The highest BCUT2D eigenvalue weighted by Crippen LogP contribution is 2.22. The van der Waals surface area contributed by atoms with Crippen LogP contribution in [0.5, 0.6) is 5.88 Å². The predicted octanol–water partition coefficient (Wildman–Crippen LogP) is 4.02. The third-order valence-electron chi connectivity index (χ3n) is 3.47. The molecule has 1 N–H and O–H groups in total. The molecule has 106 valence electrons. The molecule has 0 saturated carbocycles. The quantitative estimate of drug-likeness (QED) is 0.891. The summed E-state index contributed by atoms with van der Waals surface area (Å²) in [7, 11) is 0. The van der Waals surface area contributed by atoms with Crippen LogP contribution in [0.25, 0.3) is 0 Å². The van der Waals surface area contributed by atoms with Crippen molar-refractivity contribution < 1.29 is 4.74 Å². The summed E-state index contributed by atoms with van der Waals surface area (Å²) < 4.78 is 5.52. The number of nitrogens with zero attached hydrogens (tertiary/aromatic N) is 1. The SMILES string of the molecule is CCOc1ncccc1NCc1cc(C)c(C)cc1C. The number of rotatable bonds is 5. The Hall–Kier alpha value is -2.03. The largest absolute Gasteiger partial charge is 0.476 e. The zero-order chi connectivity index (χ0) is 14.5. The second-order valence-corrected chi connectivity index (χ2v) is 5.01. The standard InChI is InChI=1S/C17H22N2O/c1-5-20-17-16(7-6-8-18-17)19-11-15-10-13(3)12(2)9-14(15)4/h6-10,19H,5,11H2,1-4H3. The number of hydrogen-bond acceptors (Lipinski definition) is 3. The number of ether oxygens (including phenoxy) is 1. The maximum absolute atomic E-state index is 5.52. The summed E-state index contributed by atoms with van der Waals surface area (Å²) in [5.41, 5.74) is 6.21. The van der Waals surface area contributed by atoms with Crippen molar-refractivity contribution >= 4 is 5.69 Å². The van der Waals surface area contributed by atoms with Gasteiger partial charge in [-0.1, -0.05) is 12.1 Å². The molecule has 3 nitrogen and oxygen atoms in total. The summed E-state index contributed by atoms with van der Waals surface area (Å²) in [6.45, 7) is 9.80. The van der Waals surface area contributed by atoms with Crippen LogP contribution in [0.1, 0.15) is 29.2 Å². The van der Waals surface area contributed by atoms with E-state index in [1.165, 1.54) is 22.3 Å². The van der Waals surface area contributed by atoms with Gasteiger partial charge in [0.2, 0.25) is 5.88 Å². The molecule has 0 radical (unpaired) electrons. The molecule has 0 spiro atoms. The summed E-state index contributed by atoms with van der Waals surface area (Å²) in [6, 6.07) is 8.39. The number of aromatic nitrogens is 1. The molecule has 3 heteroatoms. The fraction of sp³-hybridized carbons (Fsp3) is 0.353. The van der Waals surface area contributed by atoms with E-state index in [-0.39, 0.29) is 0 Å². The third kappa shape index (κ3) is 3.29. The van der Waals surface area contributed by atoms with Crippen molar-refractivity contribution in [2.24, 2.45) is 0 Å². The molecular formula is C17H22N2O. The van der Waals surface area contributed by atoms with E-state index in [9.17, 15) is 0 Å². The Kier molecular flexibility index (Phi) is 4.61. The Labute approximate surface area is 121 Å². The maximum atomic E-state index is 5.52. The molecule has 0 saturated heterocycles. The van der Waals surface area contributed by atoms with Gasteiger partial charge in [-0.25, -0.2) is 4.98 Å². The van der Waals surface area contributed by atoms with Gasteiger partial charge in [0.05, 0.1) is 12.3 Å². The van der Waals surface area contributed by atoms with E-state index in [4.69, 9.17) is 4.74 Å². The number of nitrogens with one attached hydrogen (secondary N) is 1. The lowest BCUT2D eigenvalue weighted by Crippen LogP contribution is -2.05. The molecule has 0 bridgehead atoms. The average molecular weight is 270 g/mol. The van der Waals surface area contributed by atoms with E-state index >= 15 is 0 Å². The first kappa shape index (κ1) is 14.4. The molecule has 0 atom stereocenters. The fourth-order valence-corrected chi connectivity index (χ4v) is 2.18.